The zero-order chi connectivity index (χ0) is 16.4. The van der Waals surface area contributed by atoms with E-state index in [4.69, 9.17) is 9.47 Å². The van der Waals surface area contributed by atoms with Crippen LogP contribution in [-0.4, -0.2) is 53.7 Å². The molecular formula is C17H20N2O4. The highest BCUT2D eigenvalue weighted by molar-refractivity contribution is 5.95. The molecule has 0 saturated carbocycles. The third-order valence-corrected chi connectivity index (χ3v) is 3.85. The lowest BCUT2D eigenvalue weighted by molar-refractivity contribution is -0.146. The molecule has 2 atom stereocenters. The maximum absolute atomic E-state index is 12.2. The molecule has 3 rings (SSSR count). The summed E-state index contributed by atoms with van der Waals surface area (Å²) in [5.74, 6) is -0.722. The molecule has 0 aliphatic carbocycles. The molecule has 0 bridgehead atoms. The van der Waals surface area contributed by atoms with E-state index < -0.39 is 5.97 Å². The van der Waals surface area contributed by atoms with Crippen LogP contribution >= 0.6 is 0 Å². The van der Waals surface area contributed by atoms with Crippen LogP contribution in [0.2, 0.25) is 0 Å². The summed E-state index contributed by atoms with van der Waals surface area (Å²) in [6.07, 6.45) is -0.0146. The molecule has 1 aromatic heterocycles. The number of aromatic amines is 1. The molecule has 23 heavy (non-hydrogen) atoms. The average molecular weight is 316 g/mol. The largest absolute Gasteiger partial charge is 0.451 e. The van der Waals surface area contributed by atoms with Gasteiger partial charge in [0.1, 0.15) is 5.69 Å². The van der Waals surface area contributed by atoms with Gasteiger partial charge in [0, 0.05) is 24.0 Å². The molecule has 1 amide bonds. The first-order chi connectivity index (χ1) is 11.0. The molecule has 2 heterocycles. The Balaban J connectivity index is 1.59. The van der Waals surface area contributed by atoms with Crippen molar-refractivity contribution >= 4 is 22.8 Å². The maximum atomic E-state index is 12.2. The summed E-state index contributed by atoms with van der Waals surface area (Å²) in [6, 6.07) is 9.30. The van der Waals surface area contributed by atoms with Gasteiger partial charge in [0.2, 0.25) is 0 Å². The Morgan fingerprint density at radius 2 is 1.96 bits per heavy atom. The van der Waals surface area contributed by atoms with Crippen molar-refractivity contribution in [3.63, 3.8) is 0 Å². The summed E-state index contributed by atoms with van der Waals surface area (Å²) in [4.78, 5) is 28.9. The number of rotatable bonds is 3. The Morgan fingerprint density at radius 3 is 2.65 bits per heavy atom. The van der Waals surface area contributed by atoms with Gasteiger partial charge in [-0.05, 0) is 26.0 Å². The minimum absolute atomic E-state index is 0.00731. The molecule has 1 aliphatic heterocycles. The second-order valence-electron chi connectivity index (χ2n) is 5.90. The Bertz CT molecular complexity index is 681. The fraction of sp³-hybridized carbons (Fsp3) is 0.412. The highest BCUT2D eigenvalue weighted by Crippen LogP contribution is 2.15. The van der Waals surface area contributed by atoms with Crippen molar-refractivity contribution in [3.05, 3.63) is 36.0 Å². The monoisotopic (exact) mass is 316 g/mol. The average Bonchev–Trinajstić information content (AvgIpc) is 2.95. The number of amides is 1. The number of carbonyl (C=O) groups is 2. The van der Waals surface area contributed by atoms with Gasteiger partial charge in [-0.3, -0.25) is 4.79 Å². The lowest BCUT2D eigenvalue weighted by atomic mass is 10.2. The zero-order valence-electron chi connectivity index (χ0n) is 13.2. The number of aromatic nitrogens is 1. The van der Waals surface area contributed by atoms with Crippen molar-refractivity contribution in [1.82, 2.24) is 9.88 Å². The first-order valence-electron chi connectivity index (χ1n) is 7.71. The molecule has 0 unspecified atom stereocenters. The van der Waals surface area contributed by atoms with E-state index in [9.17, 15) is 9.59 Å². The standard InChI is InChI=1S/C17H20N2O4/c1-11-8-19(9-12(2)23-11)16(20)10-22-17(21)15-7-13-5-3-4-6-14(13)18-15/h3-7,11-12,18H,8-10H2,1-2H3/t11-,12+. The summed E-state index contributed by atoms with van der Waals surface area (Å²) < 4.78 is 10.7. The summed E-state index contributed by atoms with van der Waals surface area (Å²) in [6.45, 7) is 4.63. The van der Waals surface area contributed by atoms with E-state index in [0.717, 1.165) is 10.9 Å². The quantitative estimate of drug-likeness (QED) is 0.879. The molecule has 1 N–H and O–H groups in total. The van der Waals surface area contributed by atoms with Gasteiger partial charge in [-0.25, -0.2) is 4.79 Å². The van der Waals surface area contributed by atoms with E-state index >= 15 is 0 Å². The minimum atomic E-state index is -0.524. The number of nitrogens with one attached hydrogen (secondary N) is 1. The molecule has 0 radical (unpaired) electrons. The van der Waals surface area contributed by atoms with Gasteiger partial charge in [0.15, 0.2) is 6.61 Å². The van der Waals surface area contributed by atoms with Crippen LogP contribution in [-0.2, 0) is 14.3 Å². The Hall–Kier alpha value is -2.34. The van der Waals surface area contributed by atoms with Crippen molar-refractivity contribution in [2.45, 2.75) is 26.1 Å². The van der Waals surface area contributed by atoms with Crippen LogP contribution in [0.3, 0.4) is 0 Å². The molecule has 1 aliphatic rings. The highest BCUT2D eigenvalue weighted by Gasteiger charge is 2.26. The van der Waals surface area contributed by atoms with Gasteiger partial charge in [-0.2, -0.15) is 0 Å². The number of H-pyrrole nitrogens is 1. The Labute approximate surface area is 134 Å². The van der Waals surface area contributed by atoms with Crippen LogP contribution in [0.15, 0.2) is 30.3 Å². The van der Waals surface area contributed by atoms with E-state index in [1.54, 1.807) is 11.0 Å². The Kier molecular flexibility index (Phi) is 4.34. The van der Waals surface area contributed by atoms with Crippen LogP contribution in [0.25, 0.3) is 10.9 Å². The summed E-state index contributed by atoms with van der Waals surface area (Å²) in [7, 11) is 0. The van der Waals surface area contributed by atoms with E-state index in [0.29, 0.717) is 18.8 Å². The fourth-order valence-corrected chi connectivity index (χ4v) is 2.86. The molecular weight excluding hydrogens is 296 g/mol. The van der Waals surface area contributed by atoms with Crippen LogP contribution in [0.4, 0.5) is 0 Å². The number of ether oxygens (including phenoxy) is 2. The van der Waals surface area contributed by atoms with Gasteiger partial charge < -0.3 is 19.4 Å². The first kappa shape index (κ1) is 15.6. The van der Waals surface area contributed by atoms with Crippen LogP contribution in [0.1, 0.15) is 24.3 Å². The number of benzene rings is 1. The van der Waals surface area contributed by atoms with Gasteiger partial charge in [0.05, 0.1) is 12.2 Å². The predicted octanol–water partition coefficient (Wildman–Crippen LogP) is 1.96. The number of hydrogen-bond acceptors (Lipinski definition) is 4. The van der Waals surface area contributed by atoms with Crippen molar-refractivity contribution in [3.8, 4) is 0 Å². The van der Waals surface area contributed by atoms with E-state index in [1.807, 2.05) is 38.1 Å². The number of morpholine rings is 1. The van der Waals surface area contributed by atoms with Gasteiger partial charge in [-0.1, -0.05) is 18.2 Å². The number of esters is 1. The second kappa shape index (κ2) is 6.42. The third-order valence-electron chi connectivity index (χ3n) is 3.85. The van der Waals surface area contributed by atoms with Crippen molar-refractivity contribution in [2.24, 2.45) is 0 Å². The van der Waals surface area contributed by atoms with Crippen LogP contribution in [0, 0.1) is 0 Å². The van der Waals surface area contributed by atoms with Crippen LogP contribution in [0.5, 0.6) is 0 Å². The molecule has 6 heteroatoms. The highest BCUT2D eigenvalue weighted by atomic mass is 16.5. The lowest BCUT2D eigenvalue weighted by Crippen LogP contribution is -2.49. The lowest BCUT2D eigenvalue weighted by Gasteiger charge is -2.35. The molecule has 6 nitrogen and oxygen atoms in total. The number of para-hydroxylation sites is 1. The fourth-order valence-electron chi connectivity index (χ4n) is 2.86. The van der Waals surface area contributed by atoms with Crippen LogP contribution < -0.4 is 0 Å². The van der Waals surface area contributed by atoms with Gasteiger partial charge in [-0.15, -0.1) is 0 Å². The summed E-state index contributed by atoms with van der Waals surface area (Å²) >= 11 is 0. The van der Waals surface area contributed by atoms with E-state index in [1.165, 1.54) is 0 Å². The predicted molar refractivity (Wildman–Crippen MR) is 85.2 cm³/mol. The smallest absolute Gasteiger partial charge is 0.355 e. The van der Waals surface area contributed by atoms with Crippen molar-refractivity contribution < 1.29 is 19.1 Å². The topological polar surface area (TPSA) is 71.6 Å². The minimum Gasteiger partial charge on any atom is -0.451 e. The molecule has 2 aromatic rings. The number of hydrogen-bond donors (Lipinski definition) is 1. The van der Waals surface area contributed by atoms with E-state index in [-0.39, 0.29) is 24.7 Å². The number of fused-ring (bicyclic) bond motifs is 1. The molecule has 1 aromatic carbocycles. The first-order valence-corrected chi connectivity index (χ1v) is 7.71. The zero-order valence-corrected chi connectivity index (χ0v) is 13.2. The summed E-state index contributed by atoms with van der Waals surface area (Å²) in [5.41, 5.74) is 1.21. The maximum Gasteiger partial charge on any atom is 0.355 e. The summed E-state index contributed by atoms with van der Waals surface area (Å²) in [5, 5.41) is 0.932. The van der Waals surface area contributed by atoms with Crippen molar-refractivity contribution in [1.29, 1.82) is 0 Å². The molecule has 1 saturated heterocycles. The SMILES string of the molecule is C[C@@H]1CN(C(=O)COC(=O)c2cc3ccccc3[nH]2)C[C@H](C)O1. The molecule has 122 valence electrons. The normalized spacial score (nSPS) is 21.4. The van der Waals surface area contributed by atoms with Gasteiger partial charge in [0.25, 0.3) is 5.91 Å². The number of carbonyl (C=O) groups excluding carboxylic acids is 2. The van der Waals surface area contributed by atoms with Gasteiger partial charge >= 0.3 is 5.97 Å². The van der Waals surface area contributed by atoms with E-state index in [2.05, 4.69) is 4.98 Å². The number of nitrogens with zero attached hydrogens (tertiary/aromatic N) is 1. The van der Waals surface area contributed by atoms with Crippen molar-refractivity contribution in [2.75, 3.05) is 19.7 Å². The Morgan fingerprint density at radius 1 is 1.26 bits per heavy atom. The third kappa shape index (κ3) is 3.53. The molecule has 0 spiro atoms. The molecule has 1 fully saturated rings. The second-order valence-corrected chi connectivity index (χ2v) is 5.90.